The molecule has 3 N–H and O–H groups in total. The number of pyridine rings is 1. The maximum Gasteiger partial charge on any atom is 0.226 e. The molecule has 8 nitrogen and oxygen atoms in total. The Kier molecular flexibility index (Phi) is 4.84. The maximum absolute atomic E-state index is 5.05. The van der Waals surface area contributed by atoms with Gasteiger partial charge in [-0.3, -0.25) is 10.1 Å². The highest BCUT2D eigenvalue weighted by Gasteiger charge is 2.18. The van der Waals surface area contributed by atoms with Crippen molar-refractivity contribution >= 4 is 39.3 Å². The number of aromatic nitrogens is 5. The number of anilines is 3. The second kappa shape index (κ2) is 8.14. The van der Waals surface area contributed by atoms with Gasteiger partial charge in [-0.25, -0.2) is 9.97 Å². The number of hydrogen-bond donors (Lipinski definition) is 3. The van der Waals surface area contributed by atoms with Crippen LogP contribution in [-0.2, 0) is 0 Å². The summed E-state index contributed by atoms with van der Waals surface area (Å²) in [6, 6.07) is 18.4. The van der Waals surface area contributed by atoms with E-state index in [9.17, 15) is 0 Å². The number of nitrogens with zero attached hydrogens (tertiary/aromatic N) is 5. The van der Waals surface area contributed by atoms with Crippen LogP contribution in [0, 0.1) is 6.92 Å². The van der Waals surface area contributed by atoms with Gasteiger partial charge in [0.1, 0.15) is 0 Å². The van der Waals surface area contributed by atoms with Gasteiger partial charge in [0.25, 0.3) is 0 Å². The zero-order chi connectivity index (χ0) is 22.2. The largest absolute Gasteiger partial charge is 0.339 e. The number of hydrogen-bond acceptors (Lipinski definition) is 7. The SMILES string of the molecule is Cc1cc(Nc2ccc3nc(N4CCNCC4)nc(-c4cnc5ccccc5c4)c3c2)n[nH]1. The van der Waals surface area contributed by atoms with Gasteiger partial charge in [0, 0.05) is 66.2 Å². The van der Waals surface area contributed by atoms with Crippen molar-refractivity contribution in [2.75, 3.05) is 36.4 Å². The fourth-order valence-electron chi connectivity index (χ4n) is 4.25. The first-order chi connectivity index (χ1) is 16.2. The molecule has 0 atom stereocenters. The number of aromatic amines is 1. The molecule has 33 heavy (non-hydrogen) atoms. The van der Waals surface area contributed by atoms with E-state index in [0.717, 1.165) is 82.4 Å². The smallest absolute Gasteiger partial charge is 0.226 e. The lowest BCUT2D eigenvalue weighted by Gasteiger charge is -2.28. The number of fused-ring (bicyclic) bond motifs is 2. The summed E-state index contributed by atoms with van der Waals surface area (Å²) in [7, 11) is 0. The zero-order valence-corrected chi connectivity index (χ0v) is 18.3. The third kappa shape index (κ3) is 3.85. The molecule has 4 heterocycles. The third-order valence-electron chi connectivity index (χ3n) is 5.93. The van der Waals surface area contributed by atoms with Gasteiger partial charge in [-0.1, -0.05) is 18.2 Å². The summed E-state index contributed by atoms with van der Waals surface area (Å²) in [6.45, 7) is 5.62. The van der Waals surface area contributed by atoms with Crippen molar-refractivity contribution in [2.45, 2.75) is 6.92 Å². The molecule has 1 aliphatic heterocycles. The number of rotatable bonds is 4. The monoisotopic (exact) mass is 436 g/mol. The summed E-state index contributed by atoms with van der Waals surface area (Å²) in [6.07, 6.45) is 1.91. The van der Waals surface area contributed by atoms with Gasteiger partial charge in [0.2, 0.25) is 5.95 Å². The molecule has 0 unspecified atom stereocenters. The maximum atomic E-state index is 5.05. The Morgan fingerprint density at radius 3 is 2.67 bits per heavy atom. The Labute approximate surface area is 191 Å². The first kappa shape index (κ1) is 19.6. The average molecular weight is 437 g/mol. The second-order valence-electron chi connectivity index (χ2n) is 8.32. The van der Waals surface area contributed by atoms with E-state index in [1.54, 1.807) is 0 Å². The van der Waals surface area contributed by atoms with Crippen molar-refractivity contribution in [3.8, 4) is 11.3 Å². The minimum atomic E-state index is 0.760. The first-order valence-corrected chi connectivity index (χ1v) is 11.1. The molecule has 3 aromatic heterocycles. The van der Waals surface area contributed by atoms with Crippen LogP contribution in [-0.4, -0.2) is 51.3 Å². The second-order valence-corrected chi connectivity index (χ2v) is 8.32. The zero-order valence-electron chi connectivity index (χ0n) is 18.3. The van der Waals surface area contributed by atoms with Crippen LogP contribution in [0.2, 0.25) is 0 Å². The Balaban J connectivity index is 1.50. The highest BCUT2D eigenvalue weighted by molar-refractivity contribution is 5.97. The highest BCUT2D eigenvalue weighted by atomic mass is 15.3. The predicted molar refractivity (Wildman–Crippen MR) is 132 cm³/mol. The van der Waals surface area contributed by atoms with E-state index in [1.807, 2.05) is 49.5 Å². The predicted octanol–water partition coefficient (Wildman–Crippen LogP) is 4.03. The van der Waals surface area contributed by atoms with E-state index in [2.05, 4.69) is 48.9 Å². The van der Waals surface area contributed by atoms with E-state index in [-0.39, 0.29) is 0 Å². The summed E-state index contributed by atoms with van der Waals surface area (Å²) in [5.74, 6) is 1.54. The summed E-state index contributed by atoms with van der Waals surface area (Å²) in [5.41, 5.74) is 5.68. The molecule has 1 saturated heterocycles. The van der Waals surface area contributed by atoms with Crippen LogP contribution in [0.5, 0.6) is 0 Å². The summed E-state index contributed by atoms with van der Waals surface area (Å²) in [4.78, 5) is 16.9. The fraction of sp³-hybridized carbons (Fsp3) is 0.200. The summed E-state index contributed by atoms with van der Waals surface area (Å²) in [5, 5.41) is 16.1. The number of piperazine rings is 1. The van der Waals surface area contributed by atoms with E-state index >= 15 is 0 Å². The van der Waals surface area contributed by atoms with Gasteiger partial charge < -0.3 is 15.5 Å². The standard InChI is InChI=1S/C25H24N8/c1-16-12-23(32-31-16)28-19-6-7-22-20(14-19)24(30-25(29-22)33-10-8-26-9-11-33)18-13-17-4-2-3-5-21(17)27-15-18/h2-7,12-15,26H,8-11H2,1H3,(H2,28,31,32). The molecule has 0 aliphatic carbocycles. The quantitative estimate of drug-likeness (QED) is 0.392. The fourth-order valence-corrected chi connectivity index (χ4v) is 4.25. The van der Waals surface area contributed by atoms with Crippen LogP contribution in [0.1, 0.15) is 5.69 Å². The van der Waals surface area contributed by atoms with Crippen molar-refractivity contribution in [1.29, 1.82) is 0 Å². The molecule has 2 aromatic carbocycles. The lowest BCUT2D eigenvalue weighted by atomic mass is 10.1. The minimum Gasteiger partial charge on any atom is -0.339 e. The summed E-state index contributed by atoms with van der Waals surface area (Å²) >= 11 is 0. The molecule has 0 amide bonds. The molecular formula is C25H24N8. The topological polar surface area (TPSA) is 94.7 Å². The van der Waals surface area contributed by atoms with Gasteiger partial charge in [-0.05, 0) is 37.3 Å². The number of para-hydroxylation sites is 1. The molecule has 5 aromatic rings. The van der Waals surface area contributed by atoms with Crippen LogP contribution < -0.4 is 15.5 Å². The van der Waals surface area contributed by atoms with Crippen LogP contribution in [0.15, 0.2) is 60.8 Å². The average Bonchev–Trinajstić information content (AvgIpc) is 3.28. The lowest BCUT2D eigenvalue weighted by molar-refractivity contribution is 0.581. The van der Waals surface area contributed by atoms with Gasteiger partial charge in [0.15, 0.2) is 5.82 Å². The van der Waals surface area contributed by atoms with Crippen LogP contribution >= 0.6 is 0 Å². The van der Waals surface area contributed by atoms with Crippen molar-refractivity contribution in [2.24, 2.45) is 0 Å². The Bertz CT molecular complexity index is 1450. The molecule has 0 spiro atoms. The van der Waals surface area contributed by atoms with E-state index in [1.165, 1.54) is 0 Å². The molecule has 0 saturated carbocycles. The van der Waals surface area contributed by atoms with Crippen molar-refractivity contribution in [3.05, 3.63) is 66.5 Å². The van der Waals surface area contributed by atoms with Crippen molar-refractivity contribution in [3.63, 3.8) is 0 Å². The van der Waals surface area contributed by atoms with Crippen LogP contribution in [0.3, 0.4) is 0 Å². The van der Waals surface area contributed by atoms with Gasteiger partial charge >= 0.3 is 0 Å². The van der Waals surface area contributed by atoms with Crippen LogP contribution in [0.4, 0.5) is 17.5 Å². The Morgan fingerprint density at radius 2 is 1.82 bits per heavy atom. The van der Waals surface area contributed by atoms with Gasteiger partial charge in [0.05, 0.1) is 16.7 Å². The Hall–Kier alpha value is -4.04. The molecule has 1 aliphatic rings. The minimum absolute atomic E-state index is 0.760. The Morgan fingerprint density at radius 1 is 0.939 bits per heavy atom. The molecule has 0 radical (unpaired) electrons. The number of nitrogens with one attached hydrogen (secondary N) is 3. The molecule has 6 rings (SSSR count). The number of H-pyrrole nitrogens is 1. The van der Waals surface area contributed by atoms with E-state index in [0.29, 0.717) is 0 Å². The van der Waals surface area contributed by atoms with Gasteiger partial charge in [-0.2, -0.15) is 5.10 Å². The first-order valence-electron chi connectivity index (χ1n) is 11.1. The molecule has 1 fully saturated rings. The number of aryl methyl sites for hydroxylation is 1. The van der Waals surface area contributed by atoms with Gasteiger partial charge in [-0.15, -0.1) is 0 Å². The highest BCUT2D eigenvalue weighted by Crippen LogP contribution is 2.32. The molecular weight excluding hydrogens is 412 g/mol. The third-order valence-corrected chi connectivity index (χ3v) is 5.93. The van der Waals surface area contributed by atoms with E-state index < -0.39 is 0 Å². The van der Waals surface area contributed by atoms with Crippen molar-refractivity contribution in [1.82, 2.24) is 30.5 Å². The summed E-state index contributed by atoms with van der Waals surface area (Å²) < 4.78 is 0. The van der Waals surface area contributed by atoms with E-state index in [4.69, 9.17) is 9.97 Å². The molecule has 8 heteroatoms. The van der Waals surface area contributed by atoms with Crippen molar-refractivity contribution < 1.29 is 0 Å². The normalized spacial score (nSPS) is 14.2. The molecule has 0 bridgehead atoms. The molecule has 164 valence electrons. The van der Waals surface area contributed by atoms with Crippen LogP contribution in [0.25, 0.3) is 33.1 Å². The lowest BCUT2D eigenvalue weighted by Crippen LogP contribution is -2.44. The number of benzene rings is 2.